The first-order valence-electron chi connectivity index (χ1n) is 7.46. The van der Waals surface area contributed by atoms with Crippen LogP contribution in [0.4, 0.5) is 5.69 Å². The molecule has 3 rings (SSSR count). The molecule has 1 heterocycles. The molecule has 2 amide bonds. The summed E-state index contributed by atoms with van der Waals surface area (Å²) in [5, 5.41) is 8.84. The lowest BCUT2D eigenvalue weighted by atomic mass is 10.0. The molecule has 0 radical (unpaired) electrons. The molecule has 0 saturated carbocycles. The van der Waals surface area contributed by atoms with Crippen LogP contribution in [-0.4, -0.2) is 28.9 Å². The average molecular weight is 324 g/mol. The summed E-state index contributed by atoms with van der Waals surface area (Å²) < 4.78 is 0. The quantitative estimate of drug-likeness (QED) is 0.835. The lowest BCUT2D eigenvalue weighted by Gasteiger charge is -2.15. The molecular formula is C18H16N2O4. The van der Waals surface area contributed by atoms with E-state index in [2.05, 4.69) is 0 Å². The molecule has 0 spiro atoms. The van der Waals surface area contributed by atoms with E-state index < -0.39 is 12.0 Å². The number of rotatable bonds is 4. The Morgan fingerprint density at radius 1 is 1.12 bits per heavy atom. The number of hydrogen-bond donors (Lipinski definition) is 2. The van der Waals surface area contributed by atoms with Crippen molar-refractivity contribution in [2.75, 3.05) is 4.90 Å². The van der Waals surface area contributed by atoms with Gasteiger partial charge in [0.2, 0.25) is 0 Å². The molecule has 122 valence electrons. The van der Waals surface area contributed by atoms with Crippen LogP contribution in [0.1, 0.15) is 31.8 Å². The summed E-state index contributed by atoms with van der Waals surface area (Å²) in [4.78, 5) is 37.0. The van der Waals surface area contributed by atoms with Gasteiger partial charge in [0, 0.05) is 0 Å². The van der Waals surface area contributed by atoms with Crippen LogP contribution >= 0.6 is 0 Å². The molecule has 0 bridgehead atoms. The Morgan fingerprint density at radius 2 is 1.79 bits per heavy atom. The summed E-state index contributed by atoms with van der Waals surface area (Å²) in [6.07, 6.45) is 0.177. The predicted octanol–water partition coefficient (Wildman–Crippen LogP) is 1.75. The molecule has 2 aromatic rings. The molecule has 1 aliphatic heterocycles. The van der Waals surface area contributed by atoms with Crippen LogP contribution in [0.2, 0.25) is 0 Å². The Bertz CT molecular complexity index is 843. The van der Waals surface area contributed by atoms with Crippen molar-refractivity contribution in [3.05, 3.63) is 64.7 Å². The lowest BCUT2D eigenvalue weighted by Crippen LogP contribution is -2.32. The number of carbonyl (C=O) groups is 3. The van der Waals surface area contributed by atoms with Gasteiger partial charge in [-0.2, -0.15) is 0 Å². The summed E-state index contributed by atoms with van der Waals surface area (Å²) in [6.45, 7) is 1.80. The van der Waals surface area contributed by atoms with Crippen LogP contribution in [-0.2, 0) is 11.2 Å². The Kier molecular flexibility index (Phi) is 3.91. The van der Waals surface area contributed by atoms with Crippen molar-refractivity contribution >= 4 is 23.5 Å². The minimum atomic E-state index is -1.07. The monoisotopic (exact) mass is 324 g/mol. The van der Waals surface area contributed by atoms with E-state index in [-0.39, 0.29) is 18.2 Å². The van der Waals surface area contributed by atoms with E-state index in [4.69, 9.17) is 10.8 Å². The number of nitrogens with zero attached hydrogens (tertiary/aromatic N) is 1. The number of benzene rings is 2. The van der Waals surface area contributed by atoms with Crippen molar-refractivity contribution in [1.29, 1.82) is 0 Å². The molecular weight excluding hydrogens is 308 g/mol. The van der Waals surface area contributed by atoms with Gasteiger partial charge in [-0.3, -0.25) is 14.4 Å². The van der Waals surface area contributed by atoms with E-state index >= 15 is 0 Å². The predicted molar refractivity (Wildman–Crippen MR) is 88.1 cm³/mol. The van der Waals surface area contributed by atoms with Crippen LogP contribution in [0.5, 0.6) is 0 Å². The second-order valence-corrected chi connectivity index (χ2v) is 5.76. The average Bonchev–Trinajstić information content (AvgIpc) is 2.81. The van der Waals surface area contributed by atoms with Gasteiger partial charge in [-0.15, -0.1) is 0 Å². The number of imide groups is 1. The van der Waals surface area contributed by atoms with E-state index in [1.54, 1.807) is 49.4 Å². The van der Waals surface area contributed by atoms with E-state index in [0.717, 1.165) is 16.0 Å². The molecule has 24 heavy (non-hydrogen) atoms. The third-order valence-electron chi connectivity index (χ3n) is 4.09. The van der Waals surface area contributed by atoms with Gasteiger partial charge in [0.1, 0.15) is 6.04 Å². The fraction of sp³-hybridized carbons (Fsp3) is 0.167. The van der Waals surface area contributed by atoms with Gasteiger partial charge in [-0.05, 0) is 42.7 Å². The highest BCUT2D eigenvalue weighted by atomic mass is 16.4. The van der Waals surface area contributed by atoms with Gasteiger partial charge in [0.05, 0.1) is 16.8 Å². The summed E-state index contributed by atoms with van der Waals surface area (Å²) >= 11 is 0. The molecule has 1 atom stereocenters. The fourth-order valence-electron chi connectivity index (χ4n) is 2.81. The molecule has 0 aliphatic carbocycles. The Hall–Kier alpha value is -2.99. The molecule has 6 heteroatoms. The highest BCUT2D eigenvalue weighted by molar-refractivity contribution is 6.34. The zero-order valence-corrected chi connectivity index (χ0v) is 13.0. The lowest BCUT2D eigenvalue weighted by molar-refractivity contribution is -0.138. The highest BCUT2D eigenvalue weighted by Crippen LogP contribution is 2.30. The zero-order valence-electron chi connectivity index (χ0n) is 13.0. The summed E-state index contributed by atoms with van der Waals surface area (Å²) in [7, 11) is 0. The molecule has 6 nitrogen and oxygen atoms in total. The minimum absolute atomic E-state index is 0.177. The second-order valence-electron chi connectivity index (χ2n) is 5.76. The first-order chi connectivity index (χ1) is 11.4. The third kappa shape index (κ3) is 2.57. The number of nitrogens with two attached hydrogens (primary N) is 1. The molecule has 2 aromatic carbocycles. The Balaban J connectivity index is 1.88. The number of hydrogen-bond acceptors (Lipinski definition) is 4. The molecule has 0 fully saturated rings. The number of amides is 2. The van der Waals surface area contributed by atoms with Crippen molar-refractivity contribution in [1.82, 2.24) is 0 Å². The van der Waals surface area contributed by atoms with Crippen LogP contribution < -0.4 is 10.6 Å². The number of aryl methyl sites for hydroxylation is 1. The van der Waals surface area contributed by atoms with E-state index in [0.29, 0.717) is 16.8 Å². The van der Waals surface area contributed by atoms with Crippen LogP contribution in [0, 0.1) is 6.92 Å². The van der Waals surface area contributed by atoms with Gasteiger partial charge < -0.3 is 10.8 Å². The summed E-state index contributed by atoms with van der Waals surface area (Å²) in [6, 6.07) is 10.8. The van der Waals surface area contributed by atoms with Gasteiger partial charge in [-0.1, -0.05) is 24.3 Å². The number of aliphatic carboxylic acids is 1. The van der Waals surface area contributed by atoms with Crippen LogP contribution in [0.15, 0.2) is 42.5 Å². The maximum Gasteiger partial charge on any atom is 0.320 e. The van der Waals surface area contributed by atoms with Crippen molar-refractivity contribution in [2.45, 2.75) is 19.4 Å². The highest BCUT2D eigenvalue weighted by Gasteiger charge is 2.37. The van der Waals surface area contributed by atoms with Gasteiger partial charge >= 0.3 is 5.97 Å². The molecule has 0 saturated heterocycles. The van der Waals surface area contributed by atoms with E-state index in [1.165, 1.54) is 0 Å². The van der Waals surface area contributed by atoms with Crippen molar-refractivity contribution in [3.63, 3.8) is 0 Å². The maximum absolute atomic E-state index is 12.6. The Labute approximate surface area is 138 Å². The van der Waals surface area contributed by atoms with E-state index in [1.807, 2.05) is 0 Å². The molecule has 1 aliphatic rings. The second kappa shape index (κ2) is 5.90. The summed E-state index contributed by atoms with van der Waals surface area (Å²) in [5.74, 6) is -1.77. The van der Waals surface area contributed by atoms with Gasteiger partial charge in [0.15, 0.2) is 0 Å². The van der Waals surface area contributed by atoms with Crippen LogP contribution in [0.25, 0.3) is 0 Å². The smallest absolute Gasteiger partial charge is 0.320 e. The van der Waals surface area contributed by atoms with Gasteiger partial charge in [0.25, 0.3) is 11.8 Å². The zero-order chi connectivity index (χ0) is 17.4. The number of carboxylic acids is 1. The molecule has 3 N–H and O–H groups in total. The fourth-order valence-corrected chi connectivity index (χ4v) is 2.81. The molecule has 0 unspecified atom stereocenters. The largest absolute Gasteiger partial charge is 0.480 e. The van der Waals surface area contributed by atoms with Gasteiger partial charge in [-0.25, -0.2) is 4.90 Å². The first kappa shape index (κ1) is 15.9. The van der Waals surface area contributed by atoms with Crippen LogP contribution in [0.3, 0.4) is 0 Å². The van der Waals surface area contributed by atoms with Crippen molar-refractivity contribution in [3.8, 4) is 0 Å². The summed E-state index contributed by atoms with van der Waals surface area (Å²) in [5.41, 5.74) is 8.28. The SMILES string of the molecule is Cc1cccc2c1C(=O)N(c1ccc(C[C@H](N)C(=O)O)cc1)C2=O. The number of fused-ring (bicyclic) bond motifs is 1. The normalized spacial score (nSPS) is 14.7. The van der Waals surface area contributed by atoms with Crippen molar-refractivity contribution < 1.29 is 19.5 Å². The number of carboxylic acid groups (broad SMARTS) is 1. The maximum atomic E-state index is 12.6. The standard InChI is InChI=1S/C18H16N2O4/c1-10-3-2-4-13-15(10)17(22)20(16(13)21)12-7-5-11(6-8-12)9-14(19)18(23)24/h2-8,14H,9,19H2,1H3,(H,23,24)/t14-/m0/s1. The molecule has 0 aromatic heterocycles. The van der Waals surface area contributed by atoms with E-state index in [9.17, 15) is 14.4 Å². The third-order valence-corrected chi connectivity index (χ3v) is 4.09. The topological polar surface area (TPSA) is 101 Å². The number of anilines is 1. The minimum Gasteiger partial charge on any atom is -0.480 e. The van der Waals surface area contributed by atoms with Crippen molar-refractivity contribution in [2.24, 2.45) is 5.73 Å². The Morgan fingerprint density at radius 3 is 2.38 bits per heavy atom. The number of carbonyl (C=O) groups excluding carboxylic acids is 2. The first-order valence-corrected chi connectivity index (χ1v) is 7.46.